The van der Waals surface area contributed by atoms with E-state index in [1.165, 1.54) is 12.1 Å². The monoisotopic (exact) mass is 293 g/mol. The van der Waals surface area contributed by atoms with Crippen LogP contribution in [-0.4, -0.2) is 6.04 Å². The van der Waals surface area contributed by atoms with Crippen LogP contribution in [-0.2, 0) is 6.42 Å². The Morgan fingerprint density at radius 3 is 2.65 bits per heavy atom. The lowest BCUT2D eigenvalue weighted by atomic mass is 10.0. The first-order chi connectivity index (χ1) is 9.60. The third kappa shape index (κ3) is 3.71. The van der Waals surface area contributed by atoms with Crippen LogP contribution in [0, 0.1) is 5.82 Å². The molecule has 1 unspecified atom stereocenters. The van der Waals surface area contributed by atoms with Gasteiger partial charge in [0.05, 0.1) is 5.02 Å². The van der Waals surface area contributed by atoms with Gasteiger partial charge >= 0.3 is 0 Å². The minimum Gasteiger partial charge on any atom is -0.456 e. The maximum absolute atomic E-state index is 13.4. The van der Waals surface area contributed by atoms with E-state index in [4.69, 9.17) is 22.1 Å². The lowest BCUT2D eigenvalue weighted by Crippen LogP contribution is -2.21. The van der Waals surface area contributed by atoms with Crippen LogP contribution in [0.4, 0.5) is 4.39 Å². The number of rotatable bonds is 5. The zero-order valence-electron chi connectivity index (χ0n) is 11.3. The highest BCUT2D eigenvalue weighted by molar-refractivity contribution is 6.32. The fourth-order valence-electron chi connectivity index (χ4n) is 1.88. The Hall–Kier alpha value is -1.58. The van der Waals surface area contributed by atoms with Crippen LogP contribution in [0.15, 0.2) is 42.5 Å². The molecule has 0 aromatic heterocycles. The molecule has 0 aliphatic rings. The second kappa shape index (κ2) is 6.73. The molecule has 2 aromatic carbocycles. The van der Waals surface area contributed by atoms with E-state index < -0.39 is 0 Å². The smallest absolute Gasteiger partial charge is 0.146 e. The van der Waals surface area contributed by atoms with Crippen LogP contribution in [0.2, 0.25) is 5.02 Å². The summed E-state index contributed by atoms with van der Waals surface area (Å²) in [7, 11) is 0. The van der Waals surface area contributed by atoms with Crippen molar-refractivity contribution in [3.8, 4) is 11.5 Å². The topological polar surface area (TPSA) is 35.2 Å². The quantitative estimate of drug-likeness (QED) is 0.877. The van der Waals surface area contributed by atoms with Crippen molar-refractivity contribution in [1.82, 2.24) is 0 Å². The molecule has 1 atom stereocenters. The molecule has 20 heavy (non-hydrogen) atoms. The SMILES string of the molecule is CCC(N)Cc1cc(F)ccc1Oc1ccccc1Cl. The van der Waals surface area contributed by atoms with Gasteiger partial charge in [-0.15, -0.1) is 0 Å². The summed E-state index contributed by atoms with van der Waals surface area (Å²) in [5, 5.41) is 0.516. The standard InChI is InChI=1S/C16H17ClFNO/c1-2-13(19)10-11-9-12(18)7-8-15(11)20-16-6-4-3-5-14(16)17/h3-9,13H,2,10,19H2,1H3. The molecule has 4 heteroatoms. The average molecular weight is 294 g/mol. The fourth-order valence-corrected chi connectivity index (χ4v) is 2.05. The summed E-state index contributed by atoms with van der Waals surface area (Å²) in [6, 6.07) is 11.6. The Morgan fingerprint density at radius 1 is 1.20 bits per heavy atom. The maximum Gasteiger partial charge on any atom is 0.146 e. The van der Waals surface area contributed by atoms with Gasteiger partial charge in [0.15, 0.2) is 0 Å². The van der Waals surface area contributed by atoms with Gasteiger partial charge in [-0.2, -0.15) is 0 Å². The van der Waals surface area contributed by atoms with E-state index >= 15 is 0 Å². The summed E-state index contributed by atoms with van der Waals surface area (Å²) >= 11 is 6.07. The Kier molecular flexibility index (Phi) is 4.99. The van der Waals surface area contributed by atoms with Crippen molar-refractivity contribution in [2.75, 3.05) is 0 Å². The minimum atomic E-state index is -0.296. The molecule has 0 spiro atoms. The molecule has 0 saturated heterocycles. The van der Waals surface area contributed by atoms with Crippen molar-refractivity contribution in [3.63, 3.8) is 0 Å². The molecule has 0 amide bonds. The highest BCUT2D eigenvalue weighted by atomic mass is 35.5. The van der Waals surface area contributed by atoms with E-state index in [-0.39, 0.29) is 11.9 Å². The van der Waals surface area contributed by atoms with Gasteiger partial charge in [0.2, 0.25) is 0 Å². The molecule has 0 bridgehead atoms. The first-order valence-corrected chi connectivity index (χ1v) is 6.94. The Balaban J connectivity index is 2.29. The normalized spacial score (nSPS) is 12.2. The van der Waals surface area contributed by atoms with E-state index in [1.54, 1.807) is 18.2 Å². The lowest BCUT2D eigenvalue weighted by Gasteiger charge is -2.15. The zero-order valence-corrected chi connectivity index (χ0v) is 12.0. The van der Waals surface area contributed by atoms with Gasteiger partial charge < -0.3 is 10.5 Å². The number of halogens is 2. The summed E-state index contributed by atoms with van der Waals surface area (Å²) in [5.74, 6) is 0.838. The number of hydrogen-bond donors (Lipinski definition) is 1. The van der Waals surface area contributed by atoms with Crippen molar-refractivity contribution in [2.45, 2.75) is 25.8 Å². The van der Waals surface area contributed by atoms with Crippen LogP contribution in [0.1, 0.15) is 18.9 Å². The van der Waals surface area contributed by atoms with Gasteiger partial charge in [-0.05, 0) is 48.7 Å². The van der Waals surface area contributed by atoms with Crippen LogP contribution in [0.25, 0.3) is 0 Å². The van der Waals surface area contributed by atoms with Crippen molar-refractivity contribution in [1.29, 1.82) is 0 Å². The zero-order chi connectivity index (χ0) is 14.5. The van der Waals surface area contributed by atoms with Gasteiger partial charge in [-0.1, -0.05) is 30.7 Å². The molecule has 0 saturated carbocycles. The molecule has 2 rings (SSSR count). The summed E-state index contributed by atoms with van der Waals surface area (Å²) in [5.41, 5.74) is 6.69. The third-order valence-electron chi connectivity index (χ3n) is 3.09. The Labute approximate surface area is 123 Å². The second-order valence-electron chi connectivity index (χ2n) is 4.66. The molecule has 0 heterocycles. The number of nitrogens with two attached hydrogens (primary N) is 1. The van der Waals surface area contributed by atoms with Gasteiger partial charge in [0.25, 0.3) is 0 Å². The highest BCUT2D eigenvalue weighted by Crippen LogP contribution is 2.31. The van der Waals surface area contributed by atoms with Crippen molar-refractivity contribution >= 4 is 11.6 Å². The van der Waals surface area contributed by atoms with Crippen LogP contribution in [0.3, 0.4) is 0 Å². The van der Waals surface area contributed by atoms with Crippen LogP contribution >= 0.6 is 11.6 Å². The number of hydrogen-bond acceptors (Lipinski definition) is 2. The summed E-state index contributed by atoms with van der Waals surface area (Å²) in [4.78, 5) is 0. The molecule has 0 radical (unpaired) electrons. The second-order valence-corrected chi connectivity index (χ2v) is 5.06. The van der Waals surface area contributed by atoms with Crippen molar-refractivity contribution in [3.05, 3.63) is 58.9 Å². The van der Waals surface area contributed by atoms with E-state index in [0.717, 1.165) is 12.0 Å². The first kappa shape index (κ1) is 14.8. The molecule has 2 N–H and O–H groups in total. The predicted molar refractivity (Wildman–Crippen MR) is 79.9 cm³/mol. The number of para-hydroxylation sites is 1. The lowest BCUT2D eigenvalue weighted by molar-refractivity contribution is 0.469. The molecule has 0 aliphatic carbocycles. The Bertz CT molecular complexity index is 588. The van der Waals surface area contributed by atoms with Crippen molar-refractivity contribution < 1.29 is 9.13 Å². The molecule has 106 valence electrons. The van der Waals surface area contributed by atoms with Gasteiger partial charge in [0, 0.05) is 6.04 Å². The predicted octanol–water partition coefficient (Wildman–Crippen LogP) is 4.55. The fraction of sp³-hybridized carbons (Fsp3) is 0.250. The van der Waals surface area contributed by atoms with E-state index in [0.29, 0.717) is 22.9 Å². The summed E-state index contributed by atoms with van der Waals surface area (Å²) in [6.45, 7) is 2.00. The summed E-state index contributed by atoms with van der Waals surface area (Å²) in [6.07, 6.45) is 1.39. The summed E-state index contributed by atoms with van der Waals surface area (Å²) < 4.78 is 19.2. The van der Waals surface area contributed by atoms with E-state index in [1.807, 2.05) is 19.1 Å². The third-order valence-corrected chi connectivity index (χ3v) is 3.40. The number of ether oxygens (including phenoxy) is 1. The molecule has 0 fully saturated rings. The van der Waals surface area contributed by atoms with Gasteiger partial charge in [-0.25, -0.2) is 4.39 Å². The first-order valence-electron chi connectivity index (χ1n) is 6.56. The molecule has 0 aliphatic heterocycles. The molecule has 2 nitrogen and oxygen atoms in total. The highest BCUT2D eigenvalue weighted by Gasteiger charge is 2.11. The minimum absolute atomic E-state index is 0.0228. The maximum atomic E-state index is 13.4. The molecule has 2 aromatic rings. The van der Waals surface area contributed by atoms with E-state index in [2.05, 4.69) is 0 Å². The van der Waals surface area contributed by atoms with E-state index in [9.17, 15) is 4.39 Å². The van der Waals surface area contributed by atoms with Crippen molar-refractivity contribution in [2.24, 2.45) is 5.73 Å². The van der Waals surface area contributed by atoms with Crippen LogP contribution < -0.4 is 10.5 Å². The van der Waals surface area contributed by atoms with Gasteiger partial charge in [0.1, 0.15) is 17.3 Å². The Morgan fingerprint density at radius 2 is 1.95 bits per heavy atom. The van der Waals surface area contributed by atoms with Crippen LogP contribution in [0.5, 0.6) is 11.5 Å². The number of benzene rings is 2. The van der Waals surface area contributed by atoms with Gasteiger partial charge in [-0.3, -0.25) is 0 Å². The average Bonchev–Trinajstić information content (AvgIpc) is 2.44. The molecular formula is C16H17ClFNO. The molecular weight excluding hydrogens is 277 g/mol. The largest absolute Gasteiger partial charge is 0.456 e.